The highest BCUT2D eigenvalue weighted by Gasteiger charge is 2.14. The fourth-order valence-electron chi connectivity index (χ4n) is 3.39. The van der Waals surface area contributed by atoms with Crippen LogP contribution >= 0.6 is 0 Å². The van der Waals surface area contributed by atoms with E-state index in [1.165, 1.54) is 0 Å². The Morgan fingerprint density at radius 3 is 2.50 bits per heavy atom. The molecule has 0 saturated carbocycles. The zero-order valence-electron chi connectivity index (χ0n) is 15.6. The molecular formula is C22H23N3O3. The maximum absolute atomic E-state index is 12.9. The molecule has 3 aromatic rings. The number of morpholine rings is 1. The lowest BCUT2D eigenvalue weighted by Gasteiger charge is -2.26. The van der Waals surface area contributed by atoms with Gasteiger partial charge in [0.05, 0.1) is 13.2 Å². The van der Waals surface area contributed by atoms with Crippen molar-refractivity contribution in [2.24, 2.45) is 0 Å². The zero-order chi connectivity index (χ0) is 19.3. The van der Waals surface area contributed by atoms with Crippen molar-refractivity contribution in [3.05, 3.63) is 87.8 Å². The third kappa shape index (κ3) is 4.13. The number of carbonyl (C=O) groups excluding carboxylic acids is 1. The van der Waals surface area contributed by atoms with Gasteiger partial charge in [-0.15, -0.1) is 0 Å². The van der Waals surface area contributed by atoms with E-state index in [0.29, 0.717) is 6.54 Å². The SMILES string of the molecule is O=C(NCc1ccccc1)c1ccc2ccc(CN3CCOCC3)cn2c1=O. The average Bonchev–Trinajstić information content (AvgIpc) is 2.74. The molecule has 28 heavy (non-hydrogen) atoms. The van der Waals surface area contributed by atoms with Crippen molar-refractivity contribution in [3.63, 3.8) is 0 Å². The van der Waals surface area contributed by atoms with Crippen LogP contribution in [0, 0.1) is 0 Å². The number of nitrogens with zero attached hydrogens (tertiary/aromatic N) is 2. The number of amides is 1. The van der Waals surface area contributed by atoms with Crippen LogP contribution in [0.25, 0.3) is 5.52 Å². The van der Waals surface area contributed by atoms with Crippen LogP contribution in [0.4, 0.5) is 0 Å². The molecule has 0 aliphatic carbocycles. The fraction of sp³-hybridized carbons (Fsp3) is 0.273. The summed E-state index contributed by atoms with van der Waals surface area (Å²) >= 11 is 0. The number of nitrogens with one attached hydrogen (secondary N) is 1. The van der Waals surface area contributed by atoms with Crippen molar-refractivity contribution in [1.29, 1.82) is 0 Å². The molecule has 1 aliphatic rings. The third-order valence-electron chi connectivity index (χ3n) is 4.96. The number of fused-ring (bicyclic) bond motifs is 1. The highest BCUT2D eigenvalue weighted by atomic mass is 16.5. The number of rotatable bonds is 5. The Labute approximate surface area is 163 Å². The Hall–Kier alpha value is -2.96. The van der Waals surface area contributed by atoms with Crippen molar-refractivity contribution in [1.82, 2.24) is 14.6 Å². The van der Waals surface area contributed by atoms with Gasteiger partial charge < -0.3 is 10.1 Å². The van der Waals surface area contributed by atoms with Gasteiger partial charge in [-0.05, 0) is 29.3 Å². The number of aromatic nitrogens is 1. The molecule has 1 N–H and O–H groups in total. The highest BCUT2D eigenvalue weighted by molar-refractivity contribution is 5.94. The van der Waals surface area contributed by atoms with Gasteiger partial charge in [-0.2, -0.15) is 0 Å². The molecule has 1 saturated heterocycles. The number of ether oxygens (including phenoxy) is 1. The summed E-state index contributed by atoms with van der Waals surface area (Å²) in [7, 11) is 0. The topological polar surface area (TPSA) is 63.1 Å². The maximum atomic E-state index is 12.9. The highest BCUT2D eigenvalue weighted by Crippen LogP contribution is 2.10. The minimum atomic E-state index is -0.359. The molecule has 1 fully saturated rings. The number of hydrogen-bond acceptors (Lipinski definition) is 4. The van der Waals surface area contributed by atoms with Crippen LogP contribution in [0.3, 0.4) is 0 Å². The molecule has 6 heteroatoms. The molecule has 144 valence electrons. The second-order valence-electron chi connectivity index (χ2n) is 6.94. The van der Waals surface area contributed by atoms with Gasteiger partial charge in [0.15, 0.2) is 0 Å². The van der Waals surface area contributed by atoms with E-state index in [-0.39, 0.29) is 17.0 Å². The Bertz CT molecular complexity index is 1020. The van der Waals surface area contributed by atoms with E-state index < -0.39 is 0 Å². The summed E-state index contributed by atoms with van der Waals surface area (Å²) in [5.74, 6) is -0.359. The van der Waals surface area contributed by atoms with Gasteiger partial charge in [0.1, 0.15) is 5.56 Å². The third-order valence-corrected chi connectivity index (χ3v) is 4.96. The summed E-state index contributed by atoms with van der Waals surface area (Å²) in [6, 6.07) is 17.0. The van der Waals surface area contributed by atoms with Gasteiger partial charge in [0.2, 0.25) is 0 Å². The van der Waals surface area contributed by atoms with Crippen LogP contribution < -0.4 is 10.9 Å². The normalized spacial score (nSPS) is 14.9. The number of carbonyl (C=O) groups is 1. The van der Waals surface area contributed by atoms with Crippen LogP contribution in [-0.2, 0) is 17.8 Å². The van der Waals surface area contributed by atoms with Gasteiger partial charge in [-0.1, -0.05) is 36.4 Å². The standard InChI is InChI=1S/C22H23N3O3/c26-21(23-14-17-4-2-1-3-5-17)20-9-8-19-7-6-18(16-25(19)22(20)27)15-24-10-12-28-13-11-24/h1-9,16H,10-15H2,(H,23,26). The molecule has 0 atom stereocenters. The smallest absolute Gasteiger partial charge is 0.267 e. The lowest BCUT2D eigenvalue weighted by molar-refractivity contribution is 0.0341. The first-order valence-electron chi connectivity index (χ1n) is 9.47. The van der Waals surface area contributed by atoms with Gasteiger partial charge >= 0.3 is 0 Å². The van der Waals surface area contributed by atoms with E-state index in [1.807, 2.05) is 48.7 Å². The monoisotopic (exact) mass is 377 g/mol. The van der Waals surface area contributed by atoms with Crippen LogP contribution in [-0.4, -0.2) is 41.5 Å². The predicted octanol–water partition coefficient (Wildman–Crippen LogP) is 2.06. The first-order chi connectivity index (χ1) is 13.7. The first kappa shape index (κ1) is 18.4. The van der Waals surface area contributed by atoms with Crippen molar-refractivity contribution in [2.45, 2.75) is 13.1 Å². The molecule has 0 bridgehead atoms. The molecule has 6 nitrogen and oxygen atoms in total. The molecule has 1 amide bonds. The molecule has 1 aromatic carbocycles. The van der Waals surface area contributed by atoms with Crippen molar-refractivity contribution in [2.75, 3.05) is 26.3 Å². The van der Waals surface area contributed by atoms with E-state index in [9.17, 15) is 9.59 Å². The van der Waals surface area contributed by atoms with E-state index >= 15 is 0 Å². The average molecular weight is 377 g/mol. The van der Waals surface area contributed by atoms with Gasteiger partial charge in [-0.25, -0.2) is 0 Å². The molecule has 1 aliphatic heterocycles. The summed E-state index contributed by atoms with van der Waals surface area (Å²) in [5.41, 5.74) is 2.65. The van der Waals surface area contributed by atoms with Crippen LogP contribution in [0.1, 0.15) is 21.5 Å². The number of benzene rings is 1. The van der Waals surface area contributed by atoms with E-state index in [0.717, 1.165) is 49.5 Å². The summed E-state index contributed by atoms with van der Waals surface area (Å²) in [6.45, 7) is 4.39. The Kier molecular flexibility index (Phi) is 5.50. The minimum absolute atomic E-state index is 0.150. The maximum Gasteiger partial charge on any atom is 0.267 e. The lowest BCUT2D eigenvalue weighted by atomic mass is 10.2. The number of pyridine rings is 2. The molecule has 2 aromatic heterocycles. The predicted molar refractivity (Wildman–Crippen MR) is 107 cm³/mol. The van der Waals surface area contributed by atoms with Crippen molar-refractivity contribution >= 4 is 11.4 Å². The largest absolute Gasteiger partial charge is 0.379 e. The zero-order valence-corrected chi connectivity index (χ0v) is 15.6. The van der Waals surface area contributed by atoms with Gasteiger partial charge in [0.25, 0.3) is 11.5 Å². The van der Waals surface area contributed by atoms with E-state index in [1.54, 1.807) is 16.5 Å². The van der Waals surface area contributed by atoms with Gasteiger partial charge in [-0.3, -0.25) is 18.9 Å². The molecule has 0 unspecified atom stereocenters. The van der Waals surface area contributed by atoms with E-state index in [2.05, 4.69) is 10.2 Å². The summed E-state index contributed by atoms with van der Waals surface area (Å²) in [5, 5.41) is 2.83. The summed E-state index contributed by atoms with van der Waals surface area (Å²) in [6.07, 6.45) is 1.83. The molecule has 0 spiro atoms. The van der Waals surface area contributed by atoms with E-state index in [4.69, 9.17) is 4.74 Å². The molecular weight excluding hydrogens is 354 g/mol. The summed E-state index contributed by atoms with van der Waals surface area (Å²) in [4.78, 5) is 27.7. The first-order valence-corrected chi connectivity index (χ1v) is 9.47. The Morgan fingerprint density at radius 2 is 1.71 bits per heavy atom. The van der Waals surface area contributed by atoms with Gasteiger partial charge in [0, 0.05) is 37.9 Å². The van der Waals surface area contributed by atoms with Crippen molar-refractivity contribution in [3.8, 4) is 0 Å². The summed E-state index contributed by atoms with van der Waals surface area (Å²) < 4.78 is 6.95. The number of hydrogen-bond donors (Lipinski definition) is 1. The second kappa shape index (κ2) is 8.37. The van der Waals surface area contributed by atoms with Crippen LogP contribution in [0.15, 0.2) is 65.6 Å². The second-order valence-corrected chi connectivity index (χ2v) is 6.94. The van der Waals surface area contributed by atoms with Crippen molar-refractivity contribution < 1.29 is 9.53 Å². The lowest BCUT2D eigenvalue weighted by Crippen LogP contribution is -2.36. The Balaban J connectivity index is 1.54. The van der Waals surface area contributed by atoms with Crippen LogP contribution in [0.2, 0.25) is 0 Å². The minimum Gasteiger partial charge on any atom is -0.379 e. The molecule has 0 radical (unpaired) electrons. The molecule has 3 heterocycles. The fourth-order valence-corrected chi connectivity index (χ4v) is 3.39. The molecule has 4 rings (SSSR count). The Morgan fingerprint density at radius 1 is 0.964 bits per heavy atom. The van der Waals surface area contributed by atoms with Crippen LogP contribution in [0.5, 0.6) is 0 Å². The quantitative estimate of drug-likeness (QED) is 0.739.